The molecule has 1 amide bonds. The minimum absolute atomic E-state index is 0.00558. The fraction of sp³-hybridized carbons (Fsp3) is 0.333. The second-order valence-electron chi connectivity index (χ2n) is 6.62. The van der Waals surface area contributed by atoms with Gasteiger partial charge in [0.15, 0.2) is 12.4 Å². The van der Waals surface area contributed by atoms with Crippen molar-refractivity contribution in [3.05, 3.63) is 59.4 Å². The molecule has 0 saturated carbocycles. The Hall–Kier alpha value is -2.77. The van der Waals surface area contributed by atoms with Crippen molar-refractivity contribution in [2.24, 2.45) is 0 Å². The summed E-state index contributed by atoms with van der Waals surface area (Å²) in [5.74, 6) is -1.18. The maximum atomic E-state index is 13.8. The van der Waals surface area contributed by atoms with Crippen molar-refractivity contribution in [3.63, 3.8) is 0 Å². The average Bonchev–Trinajstić information content (AvgIpc) is 2.68. The molecule has 2 aromatic carbocycles. The third kappa shape index (κ3) is 5.61. The second kappa shape index (κ2) is 9.43. The number of amides is 1. The van der Waals surface area contributed by atoms with E-state index in [9.17, 15) is 14.0 Å². The Morgan fingerprint density at radius 1 is 1.14 bits per heavy atom. The van der Waals surface area contributed by atoms with Crippen LogP contribution in [0, 0.1) is 5.82 Å². The fourth-order valence-corrected chi connectivity index (χ4v) is 2.93. The lowest BCUT2D eigenvalue weighted by atomic mass is 10.1. The largest absolute Gasteiger partial charge is 0.484 e. The Bertz CT molecular complexity index is 833. The van der Waals surface area contributed by atoms with Crippen LogP contribution in [-0.2, 0) is 16.1 Å². The number of nitrogens with zero attached hydrogens (tertiary/aromatic N) is 1. The molecule has 148 valence electrons. The van der Waals surface area contributed by atoms with Gasteiger partial charge in [-0.05, 0) is 36.8 Å². The zero-order valence-corrected chi connectivity index (χ0v) is 15.7. The molecule has 3 rings (SSSR count). The van der Waals surface area contributed by atoms with Gasteiger partial charge >= 0.3 is 0 Å². The third-order valence-corrected chi connectivity index (χ3v) is 4.44. The predicted molar refractivity (Wildman–Crippen MR) is 103 cm³/mol. The van der Waals surface area contributed by atoms with Crippen LogP contribution >= 0.6 is 0 Å². The van der Waals surface area contributed by atoms with Crippen LogP contribution in [-0.4, -0.2) is 49.5 Å². The van der Waals surface area contributed by atoms with Gasteiger partial charge in [-0.1, -0.05) is 12.1 Å². The Kier molecular flexibility index (Phi) is 6.73. The average molecular weight is 386 g/mol. The molecule has 7 heteroatoms. The van der Waals surface area contributed by atoms with Crippen molar-refractivity contribution in [2.75, 3.05) is 38.2 Å². The number of morpholine rings is 1. The molecule has 1 aliphatic rings. The first kappa shape index (κ1) is 20.0. The Morgan fingerprint density at radius 3 is 2.50 bits per heavy atom. The molecule has 1 fully saturated rings. The topological polar surface area (TPSA) is 67.9 Å². The lowest BCUT2D eigenvalue weighted by molar-refractivity contribution is -0.118. The Labute approximate surface area is 163 Å². The highest BCUT2D eigenvalue weighted by Crippen LogP contribution is 2.17. The van der Waals surface area contributed by atoms with Crippen molar-refractivity contribution in [3.8, 4) is 5.75 Å². The summed E-state index contributed by atoms with van der Waals surface area (Å²) in [6.07, 6.45) is 0. The highest BCUT2D eigenvalue weighted by molar-refractivity contribution is 5.94. The molecule has 0 aliphatic carbocycles. The van der Waals surface area contributed by atoms with E-state index in [0.717, 1.165) is 44.5 Å². The summed E-state index contributed by atoms with van der Waals surface area (Å²) in [6, 6.07) is 11.5. The van der Waals surface area contributed by atoms with Crippen molar-refractivity contribution in [1.29, 1.82) is 0 Å². The lowest BCUT2D eigenvalue weighted by Gasteiger charge is -2.26. The highest BCUT2D eigenvalue weighted by Gasteiger charge is 2.12. The molecule has 0 unspecified atom stereocenters. The number of ketones is 1. The number of hydrogen-bond donors (Lipinski definition) is 1. The smallest absolute Gasteiger partial charge is 0.262 e. The zero-order valence-electron chi connectivity index (χ0n) is 15.7. The first-order valence-electron chi connectivity index (χ1n) is 9.13. The number of ether oxygens (including phenoxy) is 2. The summed E-state index contributed by atoms with van der Waals surface area (Å²) in [5, 5.41) is 2.74. The number of rotatable bonds is 7. The minimum atomic E-state index is -0.665. The summed E-state index contributed by atoms with van der Waals surface area (Å²) in [7, 11) is 0. The minimum Gasteiger partial charge on any atom is -0.484 e. The molecule has 1 saturated heterocycles. The van der Waals surface area contributed by atoms with E-state index in [-0.39, 0.29) is 29.6 Å². The molecular formula is C21H23FN2O4. The molecule has 0 bridgehead atoms. The molecular weight excluding hydrogens is 363 g/mol. The fourth-order valence-electron chi connectivity index (χ4n) is 2.93. The van der Waals surface area contributed by atoms with Gasteiger partial charge in [-0.15, -0.1) is 0 Å². The van der Waals surface area contributed by atoms with Gasteiger partial charge < -0.3 is 14.8 Å². The summed E-state index contributed by atoms with van der Waals surface area (Å²) < 4.78 is 24.4. The standard InChI is InChI=1S/C21H23FN2O4/c1-15(25)19-7-6-18(12-20(19)22)28-14-21(26)23-17-4-2-16(3-5-17)13-24-8-10-27-11-9-24/h2-7,12H,8-11,13-14H2,1H3,(H,23,26). The van der Waals surface area contributed by atoms with Gasteiger partial charge in [-0.3, -0.25) is 14.5 Å². The second-order valence-corrected chi connectivity index (χ2v) is 6.62. The molecule has 1 N–H and O–H groups in total. The first-order valence-corrected chi connectivity index (χ1v) is 9.13. The van der Waals surface area contributed by atoms with E-state index in [2.05, 4.69) is 10.2 Å². The summed E-state index contributed by atoms with van der Waals surface area (Å²) in [5.41, 5.74) is 1.82. The predicted octanol–water partition coefficient (Wildman–Crippen LogP) is 2.88. The lowest BCUT2D eigenvalue weighted by Crippen LogP contribution is -2.35. The van der Waals surface area contributed by atoms with Gasteiger partial charge in [0.05, 0.1) is 18.8 Å². The number of hydrogen-bond acceptors (Lipinski definition) is 5. The van der Waals surface area contributed by atoms with Gasteiger partial charge in [0.1, 0.15) is 11.6 Å². The highest BCUT2D eigenvalue weighted by atomic mass is 19.1. The zero-order chi connectivity index (χ0) is 19.9. The van der Waals surface area contributed by atoms with Gasteiger partial charge in [0.2, 0.25) is 0 Å². The van der Waals surface area contributed by atoms with E-state index < -0.39 is 5.82 Å². The molecule has 1 heterocycles. The number of halogens is 1. The molecule has 0 radical (unpaired) electrons. The van der Waals surface area contributed by atoms with Crippen molar-refractivity contribution < 1.29 is 23.5 Å². The molecule has 0 atom stereocenters. The van der Waals surface area contributed by atoms with Crippen molar-refractivity contribution >= 4 is 17.4 Å². The third-order valence-electron chi connectivity index (χ3n) is 4.44. The van der Waals surface area contributed by atoms with Crippen LogP contribution in [0.3, 0.4) is 0 Å². The quantitative estimate of drug-likeness (QED) is 0.741. The summed E-state index contributed by atoms with van der Waals surface area (Å²) >= 11 is 0. The number of carbonyl (C=O) groups excluding carboxylic acids is 2. The van der Waals surface area contributed by atoms with Crippen molar-refractivity contribution in [1.82, 2.24) is 4.90 Å². The van der Waals surface area contributed by atoms with Crippen LogP contribution < -0.4 is 10.1 Å². The van der Waals surface area contributed by atoms with Crippen LogP contribution in [0.1, 0.15) is 22.8 Å². The van der Waals surface area contributed by atoms with E-state index in [1.165, 1.54) is 19.1 Å². The van der Waals surface area contributed by atoms with E-state index in [1.54, 1.807) is 0 Å². The molecule has 2 aromatic rings. The van der Waals surface area contributed by atoms with E-state index in [0.29, 0.717) is 5.69 Å². The van der Waals surface area contributed by atoms with Crippen LogP contribution in [0.15, 0.2) is 42.5 Å². The van der Waals surface area contributed by atoms with Gasteiger partial charge in [-0.25, -0.2) is 4.39 Å². The maximum Gasteiger partial charge on any atom is 0.262 e. The molecule has 0 aromatic heterocycles. The number of benzene rings is 2. The van der Waals surface area contributed by atoms with Gasteiger partial charge in [0.25, 0.3) is 5.91 Å². The number of nitrogens with one attached hydrogen (secondary N) is 1. The van der Waals surface area contributed by atoms with E-state index in [4.69, 9.17) is 9.47 Å². The van der Waals surface area contributed by atoms with Crippen LogP contribution in [0.5, 0.6) is 5.75 Å². The molecule has 0 spiro atoms. The maximum absolute atomic E-state index is 13.8. The molecule has 28 heavy (non-hydrogen) atoms. The number of carbonyl (C=O) groups is 2. The monoisotopic (exact) mass is 386 g/mol. The van der Waals surface area contributed by atoms with Crippen LogP contribution in [0.2, 0.25) is 0 Å². The van der Waals surface area contributed by atoms with Gasteiger partial charge in [0, 0.05) is 31.4 Å². The molecule has 6 nitrogen and oxygen atoms in total. The Balaban J connectivity index is 1.48. The van der Waals surface area contributed by atoms with Crippen LogP contribution in [0.4, 0.5) is 10.1 Å². The Morgan fingerprint density at radius 2 is 1.86 bits per heavy atom. The SMILES string of the molecule is CC(=O)c1ccc(OCC(=O)Nc2ccc(CN3CCOCC3)cc2)cc1F. The van der Waals surface area contributed by atoms with Gasteiger partial charge in [-0.2, -0.15) is 0 Å². The van der Waals surface area contributed by atoms with E-state index >= 15 is 0 Å². The number of Topliss-reactive ketones (excluding diaryl/α,β-unsaturated/α-hetero) is 1. The summed E-state index contributed by atoms with van der Waals surface area (Å²) in [4.78, 5) is 25.6. The molecule has 1 aliphatic heterocycles. The van der Waals surface area contributed by atoms with E-state index in [1.807, 2.05) is 24.3 Å². The first-order chi connectivity index (χ1) is 13.5. The normalized spacial score (nSPS) is 14.5. The summed E-state index contributed by atoms with van der Waals surface area (Å²) in [6.45, 7) is 5.24. The van der Waals surface area contributed by atoms with Crippen LogP contribution in [0.25, 0.3) is 0 Å². The number of anilines is 1. The van der Waals surface area contributed by atoms with Crippen molar-refractivity contribution in [2.45, 2.75) is 13.5 Å².